The highest BCUT2D eigenvalue weighted by Gasteiger charge is 2.43. The minimum atomic E-state index is -0.521. The van der Waals surface area contributed by atoms with Gasteiger partial charge in [-0.2, -0.15) is 0 Å². The SMILES string of the molecule is CC1(C)CC(=O)C2=C(C1)Nc1ccccc1N(CC(=O)N1CCC(C(N)=O)CC1)C2c1ccco1. The molecule has 1 aliphatic carbocycles. The summed E-state index contributed by atoms with van der Waals surface area (Å²) in [6.07, 6.45) is 3.91. The van der Waals surface area contributed by atoms with Crippen molar-refractivity contribution in [2.45, 2.75) is 45.6 Å². The number of Topliss-reactive ketones (excluding diaryl/α,β-unsaturated/α-hetero) is 1. The van der Waals surface area contributed by atoms with Crippen molar-refractivity contribution < 1.29 is 18.8 Å². The number of anilines is 2. The molecule has 1 unspecified atom stereocenters. The summed E-state index contributed by atoms with van der Waals surface area (Å²) in [5.41, 5.74) is 8.56. The number of benzene rings is 1. The number of primary amides is 1. The van der Waals surface area contributed by atoms with Crippen LogP contribution in [0.2, 0.25) is 0 Å². The molecule has 0 bridgehead atoms. The van der Waals surface area contributed by atoms with Gasteiger partial charge in [-0.25, -0.2) is 0 Å². The van der Waals surface area contributed by atoms with Crippen LogP contribution in [0.4, 0.5) is 11.4 Å². The van der Waals surface area contributed by atoms with Crippen molar-refractivity contribution in [1.29, 1.82) is 0 Å². The number of piperidine rings is 1. The second-order valence-corrected chi connectivity index (χ2v) is 10.6. The van der Waals surface area contributed by atoms with Crippen molar-refractivity contribution in [3.05, 3.63) is 59.7 Å². The van der Waals surface area contributed by atoms with Crippen LogP contribution in [0.25, 0.3) is 0 Å². The third-order valence-electron chi connectivity index (χ3n) is 7.37. The van der Waals surface area contributed by atoms with Gasteiger partial charge in [0, 0.05) is 36.7 Å². The van der Waals surface area contributed by atoms with Gasteiger partial charge < -0.3 is 25.3 Å². The first-order valence-corrected chi connectivity index (χ1v) is 12.2. The molecule has 8 heteroatoms. The molecule has 2 aromatic rings. The maximum absolute atomic E-state index is 13.6. The van der Waals surface area contributed by atoms with Crippen molar-refractivity contribution in [3.63, 3.8) is 0 Å². The van der Waals surface area contributed by atoms with Gasteiger partial charge in [-0.3, -0.25) is 14.4 Å². The van der Waals surface area contributed by atoms with Crippen molar-refractivity contribution in [2.24, 2.45) is 17.1 Å². The number of fused-ring (bicyclic) bond motifs is 1. The number of hydrogen-bond donors (Lipinski definition) is 2. The summed E-state index contributed by atoms with van der Waals surface area (Å²) >= 11 is 0. The Labute approximate surface area is 205 Å². The molecule has 1 aromatic heterocycles. The van der Waals surface area contributed by atoms with E-state index in [0.29, 0.717) is 43.7 Å². The normalized spacial score (nSPS) is 22.2. The van der Waals surface area contributed by atoms with Gasteiger partial charge in [-0.05, 0) is 48.9 Å². The second-order valence-electron chi connectivity index (χ2n) is 10.6. The lowest BCUT2D eigenvalue weighted by molar-refractivity contribution is -0.133. The van der Waals surface area contributed by atoms with Crippen LogP contribution in [0, 0.1) is 11.3 Å². The number of likely N-dealkylation sites (tertiary alicyclic amines) is 1. The maximum Gasteiger partial charge on any atom is 0.242 e. The van der Waals surface area contributed by atoms with Crippen LogP contribution >= 0.6 is 0 Å². The fraction of sp³-hybridized carbons (Fsp3) is 0.444. The van der Waals surface area contributed by atoms with Crippen molar-refractivity contribution in [1.82, 2.24) is 4.90 Å². The van der Waals surface area contributed by atoms with E-state index in [-0.39, 0.29) is 35.5 Å². The number of nitrogens with one attached hydrogen (secondary N) is 1. The lowest BCUT2D eigenvalue weighted by Gasteiger charge is -2.38. The van der Waals surface area contributed by atoms with Crippen LogP contribution in [0.5, 0.6) is 0 Å². The Morgan fingerprint density at radius 2 is 1.86 bits per heavy atom. The Morgan fingerprint density at radius 1 is 1.11 bits per heavy atom. The van der Waals surface area contributed by atoms with Gasteiger partial charge in [-0.1, -0.05) is 26.0 Å². The zero-order valence-electron chi connectivity index (χ0n) is 20.3. The van der Waals surface area contributed by atoms with Crippen LogP contribution in [-0.4, -0.2) is 42.1 Å². The van der Waals surface area contributed by atoms with Gasteiger partial charge in [0.1, 0.15) is 11.8 Å². The lowest BCUT2D eigenvalue weighted by Crippen LogP contribution is -2.47. The molecule has 2 amide bonds. The van der Waals surface area contributed by atoms with E-state index in [0.717, 1.165) is 23.5 Å². The number of carbonyl (C=O) groups is 3. The standard InChI is InChI=1S/C27H32N4O4/c1-27(2)14-19-24(21(32)15-27)25(22-8-5-13-35-22)31(20-7-4-3-6-18(20)29-19)16-23(33)30-11-9-17(10-12-30)26(28)34/h3-8,13,17,25,29H,9-12,14-16H2,1-2H3,(H2,28,34). The number of hydrogen-bond acceptors (Lipinski definition) is 6. The van der Waals surface area contributed by atoms with E-state index in [1.165, 1.54) is 0 Å². The zero-order valence-corrected chi connectivity index (χ0v) is 20.3. The molecule has 3 N–H and O–H groups in total. The fourth-order valence-corrected chi connectivity index (χ4v) is 5.63. The topological polar surface area (TPSA) is 109 Å². The monoisotopic (exact) mass is 476 g/mol. The van der Waals surface area contributed by atoms with Crippen molar-refractivity contribution in [2.75, 3.05) is 29.9 Å². The smallest absolute Gasteiger partial charge is 0.242 e. The van der Waals surface area contributed by atoms with E-state index < -0.39 is 6.04 Å². The molecule has 35 heavy (non-hydrogen) atoms. The van der Waals surface area contributed by atoms with Crippen LogP contribution in [0.15, 0.2) is 58.3 Å². The Balaban J connectivity index is 1.54. The molecule has 8 nitrogen and oxygen atoms in total. The predicted molar refractivity (Wildman–Crippen MR) is 132 cm³/mol. The lowest BCUT2D eigenvalue weighted by atomic mass is 9.74. The van der Waals surface area contributed by atoms with Crippen molar-refractivity contribution >= 4 is 29.0 Å². The number of furan rings is 1. The first-order valence-electron chi connectivity index (χ1n) is 12.2. The highest BCUT2D eigenvalue weighted by Crippen LogP contribution is 2.48. The number of para-hydroxylation sites is 2. The van der Waals surface area contributed by atoms with Crippen LogP contribution in [0.3, 0.4) is 0 Å². The Kier molecular flexibility index (Phi) is 5.91. The molecule has 3 aliphatic rings. The predicted octanol–water partition coefficient (Wildman–Crippen LogP) is 3.62. The number of nitrogens with two attached hydrogens (primary N) is 1. The Hall–Kier alpha value is -3.55. The molecular weight excluding hydrogens is 444 g/mol. The zero-order chi connectivity index (χ0) is 24.7. The first kappa shape index (κ1) is 23.2. The molecule has 1 fully saturated rings. The molecule has 0 spiro atoms. The molecule has 1 atom stereocenters. The van der Waals surface area contributed by atoms with E-state index in [1.54, 1.807) is 11.2 Å². The summed E-state index contributed by atoms with van der Waals surface area (Å²) in [7, 11) is 0. The molecule has 5 rings (SSSR count). The van der Waals surface area contributed by atoms with Gasteiger partial charge in [-0.15, -0.1) is 0 Å². The largest absolute Gasteiger partial charge is 0.467 e. The van der Waals surface area contributed by atoms with Gasteiger partial charge >= 0.3 is 0 Å². The summed E-state index contributed by atoms with van der Waals surface area (Å²) in [6, 6.07) is 11.0. The van der Waals surface area contributed by atoms with Crippen molar-refractivity contribution in [3.8, 4) is 0 Å². The highest BCUT2D eigenvalue weighted by atomic mass is 16.3. The average molecular weight is 477 g/mol. The quantitative estimate of drug-likeness (QED) is 0.698. The van der Waals surface area contributed by atoms with E-state index in [4.69, 9.17) is 10.2 Å². The molecular formula is C27H32N4O4. The summed E-state index contributed by atoms with van der Waals surface area (Å²) < 4.78 is 5.86. The van der Waals surface area contributed by atoms with Gasteiger partial charge in [0.15, 0.2) is 5.78 Å². The molecule has 3 heterocycles. The molecule has 1 saturated heterocycles. The summed E-state index contributed by atoms with van der Waals surface area (Å²) in [5, 5.41) is 3.54. The van der Waals surface area contributed by atoms with E-state index in [9.17, 15) is 14.4 Å². The van der Waals surface area contributed by atoms with Crippen LogP contribution < -0.4 is 16.0 Å². The minimum absolute atomic E-state index is 0.0492. The number of nitrogens with zero attached hydrogens (tertiary/aromatic N) is 2. The molecule has 0 saturated carbocycles. The number of amides is 2. The van der Waals surface area contributed by atoms with E-state index in [1.807, 2.05) is 41.3 Å². The number of rotatable bonds is 4. The number of allylic oxidation sites excluding steroid dienone is 1. The summed E-state index contributed by atoms with van der Waals surface area (Å²) in [5.74, 6) is 0.156. The Bertz CT molecular complexity index is 1180. The molecule has 1 aromatic carbocycles. The fourth-order valence-electron chi connectivity index (χ4n) is 5.63. The maximum atomic E-state index is 13.6. The van der Waals surface area contributed by atoms with Gasteiger partial charge in [0.25, 0.3) is 0 Å². The number of ketones is 1. The van der Waals surface area contributed by atoms with E-state index in [2.05, 4.69) is 19.2 Å². The molecule has 2 aliphatic heterocycles. The summed E-state index contributed by atoms with van der Waals surface area (Å²) in [6.45, 7) is 5.27. The third kappa shape index (κ3) is 4.45. The molecule has 0 radical (unpaired) electrons. The first-order chi connectivity index (χ1) is 16.7. The van der Waals surface area contributed by atoms with E-state index >= 15 is 0 Å². The van der Waals surface area contributed by atoms with Gasteiger partial charge in [0.2, 0.25) is 11.8 Å². The summed E-state index contributed by atoms with van der Waals surface area (Å²) in [4.78, 5) is 42.5. The second kappa shape index (κ2) is 8.91. The van der Waals surface area contributed by atoms with Crippen LogP contribution in [-0.2, 0) is 14.4 Å². The Morgan fingerprint density at radius 3 is 2.54 bits per heavy atom. The average Bonchev–Trinajstić information content (AvgIpc) is 3.30. The van der Waals surface area contributed by atoms with Crippen LogP contribution in [0.1, 0.15) is 51.3 Å². The highest BCUT2D eigenvalue weighted by molar-refractivity contribution is 6.01. The van der Waals surface area contributed by atoms with Gasteiger partial charge in [0.05, 0.1) is 24.2 Å². The molecule has 184 valence electrons. The number of carbonyl (C=O) groups excluding carboxylic acids is 3. The third-order valence-corrected chi connectivity index (χ3v) is 7.37. The minimum Gasteiger partial charge on any atom is -0.467 e.